The molecule has 0 saturated carbocycles. The van der Waals surface area contributed by atoms with Crippen molar-refractivity contribution in [3.05, 3.63) is 95.6 Å². The standard InChI is InChI=1S/C29H29N3O/c1-4-17-29(22-13-9-6-10-14-22)19-30-28(32-29)25-23-18-20(2)15-16-24(23)31-26(27(25)33-3)21-11-7-5-8-12-21/h5-16,18H,4,17,19H2,1-3H3,(H,30,32). The Kier molecular flexibility index (Phi) is 5.59. The molecule has 0 aliphatic carbocycles. The number of aryl methyl sites for hydroxylation is 1. The zero-order valence-corrected chi connectivity index (χ0v) is 19.4. The van der Waals surface area contributed by atoms with Crippen LogP contribution in [0.2, 0.25) is 0 Å². The van der Waals surface area contributed by atoms with Crippen molar-refractivity contribution in [3.63, 3.8) is 0 Å². The van der Waals surface area contributed by atoms with Gasteiger partial charge in [-0.05, 0) is 31.0 Å². The number of aliphatic imine (C=N–C) groups is 1. The van der Waals surface area contributed by atoms with Gasteiger partial charge in [-0.3, -0.25) is 4.99 Å². The molecule has 0 saturated heterocycles. The molecule has 1 unspecified atom stereocenters. The molecule has 4 nitrogen and oxygen atoms in total. The third-order valence-electron chi connectivity index (χ3n) is 6.45. The molecule has 1 aromatic heterocycles. The summed E-state index contributed by atoms with van der Waals surface area (Å²) in [5.74, 6) is 1.63. The number of methoxy groups -OCH3 is 1. The summed E-state index contributed by atoms with van der Waals surface area (Å²) in [5, 5.41) is 4.90. The molecule has 5 rings (SSSR count). The number of rotatable bonds is 6. The third-order valence-corrected chi connectivity index (χ3v) is 6.45. The molecule has 3 aromatic carbocycles. The first-order valence-electron chi connectivity index (χ1n) is 11.6. The smallest absolute Gasteiger partial charge is 0.156 e. The van der Waals surface area contributed by atoms with Crippen molar-refractivity contribution in [3.8, 4) is 17.0 Å². The van der Waals surface area contributed by atoms with Crippen LogP contribution in [0.3, 0.4) is 0 Å². The van der Waals surface area contributed by atoms with E-state index in [0.717, 1.165) is 52.2 Å². The Labute approximate surface area is 195 Å². The molecule has 0 radical (unpaired) electrons. The zero-order chi connectivity index (χ0) is 22.8. The number of hydrogen-bond acceptors (Lipinski definition) is 4. The molecule has 4 aromatic rings. The highest BCUT2D eigenvalue weighted by atomic mass is 16.5. The minimum absolute atomic E-state index is 0.220. The highest BCUT2D eigenvalue weighted by Crippen LogP contribution is 2.39. The fourth-order valence-electron chi connectivity index (χ4n) is 4.88. The van der Waals surface area contributed by atoms with Crippen molar-refractivity contribution in [1.82, 2.24) is 10.3 Å². The molecule has 1 N–H and O–H groups in total. The lowest BCUT2D eigenvalue weighted by Crippen LogP contribution is -2.43. The largest absolute Gasteiger partial charge is 0.494 e. The normalized spacial score (nSPS) is 17.6. The van der Waals surface area contributed by atoms with Gasteiger partial charge in [0.05, 0.1) is 30.3 Å². The van der Waals surface area contributed by atoms with Gasteiger partial charge in [0.1, 0.15) is 11.5 Å². The van der Waals surface area contributed by atoms with Crippen molar-refractivity contribution < 1.29 is 4.74 Å². The lowest BCUT2D eigenvalue weighted by Gasteiger charge is -2.30. The predicted octanol–water partition coefficient (Wildman–Crippen LogP) is 6.26. The van der Waals surface area contributed by atoms with E-state index in [9.17, 15) is 0 Å². The van der Waals surface area contributed by atoms with Crippen LogP contribution in [-0.4, -0.2) is 24.5 Å². The number of nitrogens with zero attached hydrogens (tertiary/aromatic N) is 2. The van der Waals surface area contributed by atoms with E-state index in [4.69, 9.17) is 14.7 Å². The lowest BCUT2D eigenvalue weighted by molar-refractivity contribution is 0.391. The number of fused-ring (bicyclic) bond motifs is 1. The van der Waals surface area contributed by atoms with Gasteiger partial charge in [0.25, 0.3) is 0 Å². The van der Waals surface area contributed by atoms with Crippen LogP contribution in [-0.2, 0) is 5.54 Å². The Morgan fingerprint density at radius 2 is 1.70 bits per heavy atom. The molecular formula is C29H29N3O. The number of aromatic nitrogens is 1. The van der Waals surface area contributed by atoms with Crippen LogP contribution in [0.4, 0.5) is 0 Å². The van der Waals surface area contributed by atoms with Gasteiger partial charge in [0.15, 0.2) is 5.75 Å². The minimum Gasteiger partial charge on any atom is -0.494 e. The molecule has 4 heteroatoms. The van der Waals surface area contributed by atoms with E-state index >= 15 is 0 Å². The van der Waals surface area contributed by atoms with Gasteiger partial charge >= 0.3 is 0 Å². The summed E-state index contributed by atoms with van der Waals surface area (Å²) in [7, 11) is 1.72. The molecular weight excluding hydrogens is 406 g/mol. The number of benzene rings is 3. The predicted molar refractivity (Wildman–Crippen MR) is 136 cm³/mol. The molecule has 1 aliphatic heterocycles. The molecule has 33 heavy (non-hydrogen) atoms. The Hall–Kier alpha value is -3.66. The second-order valence-electron chi connectivity index (χ2n) is 8.74. The summed E-state index contributed by atoms with van der Waals surface area (Å²) in [6.07, 6.45) is 2.06. The van der Waals surface area contributed by atoms with Gasteiger partial charge in [-0.25, -0.2) is 4.98 Å². The summed E-state index contributed by atoms with van der Waals surface area (Å²) in [5.41, 5.74) is 6.01. The average Bonchev–Trinajstić information content (AvgIpc) is 3.29. The van der Waals surface area contributed by atoms with Gasteiger partial charge in [0.2, 0.25) is 0 Å². The molecule has 1 atom stereocenters. The molecule has 0 bridgehead atoms. The molecule has 0 fully saturated rings. The van der Waals surface area contributed by atoms with Gasteiger partial charge in [-0.15, -0.1) is 0 Å². The molecule has 2 heterocycles. The van der Waals surface area contributed by atoms with Crippen LogP contribution in [0.25, 0.3) is 22.2 Å². The Morgan fingerprint density at radius 3 is 2.39 bits per heavy atom. The maximum Gasteiger partial charge on any atom is 0.156 e. The number of hydrogen-bond donors (Lipinski definition) is 1. The Morgan fingerprint density at radius 1 is 0.970 bits per heavy atom. The second-order valence-corrected chi connectivity index (χ2v) is 8.74. The van der Waals surface area contributed by atoms with Crippen molar-refractivity contribution >= 4 is 16.7 Å². The first-order chi connectivity index (χ1) is 16.1. The quantitative estimate of drug-likeness (QED) is 0.389. The van der Waals surface area contributed by atoms with Crippen LogP contribution in [0.15, 0.2) is 83.9 Å². The number of ether oxygens (including phenoxy) is 1. The van der Waals surface area contributed by atoms with Gasteiger partial charge in [0, 0.05) is 10.9 Å². The van der Waals surface area contributed by atoms with Crippen LogP contribution < -0.4 is 10.1 Å². The second kappa shape index (κ2) is 8.70. The minimum atomic E-state index is -0.220. The van der Waals surface area contributed by atoms with Crippen LogP contribution >= 0.6 is 0 Å². The number of nitrogens with one attached hydrogen (secondary N) is 1. The van der Waals surface area contributed by atoms with E-state index < -0.39 is 0 Å². The van der Waals surface area contributed by atoms with E-state index in [1.807, 2.05) is 18.2 Å². The van der Waals surface area contributed by atoms with E-state index in [0.29, 0.717) is 6.54 Å². The first kappa shape index (κ1) is 21.2. The van der Waals surface area contributed by atoms with Crippen LogP contribution in [0.5, 0.6) is 5.75 Å². The first-order valence-corrected chi connectivity index (χ1v) is 11.6. The number of amidine groups is 1. The Bertz CT molecular complexity index is 1320. The maximum absolute atomic E-state index is 6.04. The van der Waals surface area contributed by atoms with Gasteiger partial charge in [-0.2, -0.15) is 0 Å². The molecule has 0 amide bonds. The van der Waals surface area contributed by atoms with E-state index in [-0.39, 0.29) is 5.54 Å². The zero-order valence-electron chi connectivity index (χ0n) is 19.4. The monoisotopic (exact) mass is 435 g/mol. The summed E-state index contributed by atoms with van der Waals surface area (Å²) >= 11 is 0. The molecule has 166 valence electrons. The lowest BCUT2D eigenvalue weighted by atomic mass is 9.86. The maximum atomic E-state index is 6.04. The van der Waals surface area contributed by atoms with Crippen molar-refractivity contribution in [2.75, 3.05) is 13.7 Å². The van der Waals surface area contributed by atoms with E-state index in [1.165, 1.54) is 11.1 Å². The molecule has 0 spiro atoms. The van der Waals surface area contributed by atoms with Gasteiger partial charge in [-0.1, -0.05) is 85.6 Å². The van der Waals surface area contributed by atoms with Crippen molar-refractivity contribution in [2.45, 2.75) is 32.2 Å². The third kappa shape index (κ3) is 3.76. The average molecular weight is 436 g/mol. The fourth-order valence-corrected chi connectivity index (χ4v) is 4.88. The van der Waals surface area contributed by atoms with E-state index in [2.05, 4.69) is 79.8 Å². The highest BCUT2D eigenvalue weighted by molar-refractivity contribution is 6.14. The van der Waals surface area contributed by atoms with E-state index in [1.54, 1.807) is 7.11 Å². The highest BCUT2D eigenvalue weighted by Gasteiger charge is 2.38. The van der Waals surface area contributed by atoms with Crippen molar-refractivity contribution in [2.24, 2.45) is 4.99 Å². The molecule has 1 aliphatic rings. The van der Waals surface area contributed by atoms with Crippen molar-refractivity contribution in [1.29, 1.82) is 0 Å². The van der Waals surface area contributed by atoms with Crippen LogP contribution in [0, 0.1) is 6.92 Å². The fraction of sp³-hybridized carbons (Fsp3) is 0.241. The SMILES string of the molecule is CCCC1(c2ccccc2)CN=C(c2c(OC)c(-c3ccccc3)nc3ccc(C)cc23)N1. The summed E-state index contributed by atoms with van der Waals surface area (Å²) < 4.78 is 6.04. The summed E-state index contributed by atoms with van der Waals surface area (Å²) in [6, 6.07) is 27.3. The number of pyridine rings is 1. The summed E-state index contributed by atoms with van der Waals surface area (Å²) in [4.78, 5) is 10.1. The summed E-state index contributed by atoms with van der Waals surface area (Å²) in [6.45, 7) is 5.03. The Balaban J connectivity index is 1.71. The van der Waals surface area contributed by atoms with Gasteiger partial charge < -0.3 is 10.1 Å². The van der Waals surface area contributed by atoms with Crippen LogP contribution in [0.1, 0.15) is 36.5 Å². The topological polar surface area (TPSA) is 46.5 Å².